The SMILES string of the molecule is CC(C)C(NC(=O)C(Cc1cnc[nH]1)NC(=O)C(N)Cc1ccccc1)C(=O)NC(CCCCN)C(=O)O. The molecule has 2 rings (SSSR count). The molecule has 3 amide bonds. The summed E-state index contributed by atoms with van der Waals surface area (Å²) in [6, 6.07) is 5.17. The summed E-state index contributed by atoms with van der Waals surface area (Å²) in [4.78, 5) is 57.7. The Morgan fingerprint density at radius 2 is 1.63 bits per heavy atom. The monoisotopic (exact) mass is 529 g/mol. The van der Waals surface area contributed by atoms with Gasteiger partial charge in [-0.2, -0.15) is 0 Å². The number of carbonyl (C=O) groups is 4. The fourth-order valence-corrected chi connectivity index (χ4v) is 3.87. The summed E-state index contributed by atoms with van der Waals surface area (Å²) in [6.45, 7) is 3.88. The number of hydrogen-bond acceptors (Lipinski definition) is 7. The van der Waals surface area contributed by atoms with Gasteiger partial charge in [-0.1, -0.05) is 44.2 Å². The minimum absolute atomic E-state index is 0.0822. The van der Waals surface area contributed by atoms with Gasteiger partial charge >= 0.3 is 5.97 Å². The number of carbonyl (C=O) groups excluding carboxylic acids is 3. The summed E-state index contributed by atoms with van der Waals surface area (Å²) >= 11 is 0. The average molecular weight is 530 g/mol. The van der Waals surface area contributed by atoms with Crippen LogP contribution in [0.1, 0.15) is 44.4 Å². The molecule has 4 unspecified atom stereocenters. The van der Waals surface area contributed by atoms with E-state index < -0.39 is 47.9 Å². The number of unbranched alkanes of at least 4 members (excludes halogenated alkanes) is 1. The van der Waals surface area contributed by atoms with Crippen molar-refractivity contribution in [1.29, 1.82) is 0 Å². The minimum Gasteiger partial charge on any atom is -0.480 e. The molecule has 12 nitrogen and oxygen atoms in total. The van der Waals surface area contributed by atoms with Crippen molar-refractivity contribution < 1.29 is 24.3 Å². The Labute approximate surface area is 222 Å². The topological polar surface area (TPSA) is 205 Å². The van der Waals surface area contributed by atoms with Crippen LogP contribution >= 0.6 is 0 Å². The van der Waals surface area contributed by atoms with E-state index in [2.05, 4.69) is 25.9 Å². The van der Waals surface area contributed by atoms with Crippen LogP contribution in [0.25, 0.3) is 0 Å². The Morgan fingerprint density at radius 1 is 0.947 bits per heavy atom. The van der Waals surface area contributed by atoms with Crippen molar-refractivity contribution in [2.75, 3.05) is 6.54 Å². The number of aromatic nitrogens is 2. The summed E-state index contributed by atoms with van der Waals surface area (Å²) in [5, 5.41) is 17.4. The Morgan fingerprint density at radius 3 is 2.21 bits per heavy atom. The van der Waals surface area contributed by atoms with Gasteiger partial charge in [-0.15, -0.1) is 0 Å². The van der Waals surface area contributed by atoms with Crippen LogP contribution in [0.5, 0.6) is 0 Å². The zero-order valence-electron chi connectivity index (χ0n) is 21.9. The molecular weight excluding hydrogens is 490 g/mol. The highest BCUT2D eigenvalue weighted by Crippen LogP contribution is 2.08. The lowest BCUT2D eigenvalue weighted by molar-refractivity contribution is -0.142. The number of carboxylic acid groups (broad SMARTS) is 1. The second kappa shape index (κ2) is 15.5. The quantitative estimate of drug-likeness (QED) is 0.145. The van der Waals surface area contributed by atoms with Gasteiger partial charge < -0.3 is 37.5 Å². The summed E-state index contributed by atoms with van der Waals surface area (Å²) in [5.74, 6) is -3.28. The standard InChI is InChI=1S/C26H39N7O5/c1-16(2)22(25(36)31-20(26(37)38)10-6-7-11-27)33-24(35)21(13-18-14-29-15-30-18)32-23(34)19(28)12-17-8-4-3-5-9-17/h3-5,8-9,14-16,19-22H,6-7,10-13,27-28H2,1-2H3,(H,29,30)(H,31,36)(H,32,34)(H,33,35)(H,37,38). The van der Waals surface area contributed by atoms with Crippen LogP contribution in [0.4, 0.5) is 0 Å². The molecule has 4 atom stereocenters. The second-order valence-corrected chi connectivity index (χ2v) is 9.55. The Balaban J connectivity index is 2.12. The third-order valence-electron chi connectivity index (χ3n) is 6.06. The van der Waals surface area contributed by atoms with Gasteiger partial charge in [-0.3, -0.25) is 14.4 Å². The molecule has 1 aromatic carbocycles. The van der Waals surface area contributed by atoms with E-state index in [1.165, 1.54) is 12.5 Å². The van der Waals surface area contributed by atoms with Crippen LogP contribution in [0.3, 0.4) is 0 Å². The van der Waals surface area contributed by atoms with Gasteiger partial charge in [0.1, 0.15) is 18.1 Å². The maximum absolute atomic E-state index is 13.3. The molecule has 2 aromatic rings. The Kier molecular flexibility index (Phi) is 12.4. The highest BCUT2D eigenvalue weighted by Gasteiger charge is 2.32. The molecule has 0 saturated carbocycles. The molecule has 0 saturated heterocycles. The molecule has 208 valence electrons. The van der Waals surface area contributed by atoms with E-state index in [4.69, 9.17) is 11.5 Å². The first-order chi connectivity index (χ1) is 18.1. The van der Waals surface area contributed by atoms with E-state index in [-0.39, 0.29) is 25.2 Å². The highest BCUT2D eigenvalue weighted by atomic mass is 16.4. The number of amides is 3. The number of rotatable bonds is 16. The molecule has 0 bridgehead atoms. The van der Waals surface area contributed by atoms with Crippen LogP contribution in [0.2, 0.25) is 0 Å². The molecule has 9 N–H and O–H groups in total. The zero-order valence-corrected chi connectivity index (χ0v) is 21.9. The normalized spacial score (nSPS) is 14.2. The summed E-state index contributed by atoms with van der Waals surface area (Å²) in [7, 11) is 0. The number of H-pyrrole nitrogens is 1. The number of imidazole rings is 1. The van der Waals surface area contributed by atoms with Crippen LogP contribution in [-0.4, -0.2) is 69.5 Å². The molecule has 0 aliphatic heterocycles. The maximum Gasteiger partial charge on any atom is 0.326 e. The molecule has 0 radical (unpaired) electrons. The lowest BCUT2D eigenvalue weighted by Crippen LogP contribution is -2.59. The van der Waals surface area contributed by atoms with Crippen molar-refractivity contribution in [3.63, 3.8) is 0 Å². The predicted molar refractivity (Wildman–Crippen MR) is 142 cm³/mol. The summed E-state index contributed by atoms with van der Waals surface area (Å²) < 4.78 is 0. The number of aliphatic carboxylic acids is 1. The molecule has 1 heterocycles. The van der Waals surface area contributed by atoms with Gasteiger partial charge in [-0.05, 0) is 43.7 Å². The largest absolute Gasteiger partial charge is 0.480 e. The van der Waals surface area contributed by atoms with Crippen LogP contribution in [0.15, 0.2) is 42.9 Å². The molecule has 0 spiro atoms. The molecule has 1 aromatic heterocycles. The fourth-order valence-electron chi connectivity index (χ4n) is 3.87. The first-order valence-electron chi connectivity index (χ1n) is 12.7. The maximum atomic E-state index is 13.3. The average Bonchev–Trinajstić information content (AvgIpc) is 3.39. The zero-order chi connectivity index (χ0) is 28.1. The number of hydrogen-bond donors (Lipinski definition) is 7. The minimum atomic E-state index is -1.17. The van der Waals surface area contributed by atoms with Gasteiger partial charge in [0.15, 0.2) is 0 Å². The van der Waals surface area contributed by atoms with Gasteiger partial charge in [-0.25, -0.2) is 9.78 Å². The van der Waals surface area contributed by atoms with Crippen molar-refractivity contribution in [3.05, 3.63) is 54.1 Å². The molecule has 38 heavy (non-hydrogen) atoms. The lowest BCUT2D eigenvalue weighted by Gasteiger charge is -2.27. The fraction of sp³-hybridized carbons (Fsp3) is 0.500. The predicted octanol–water partition coefficient (Wildman–Crippen LogP) is -0.154. The van der Waals surface area contributed by atoms with Gasteiger partial charge in [0.25, 0.3) is 0 Å². The Bertz CT molecular complexity index is 1030. The van der Waals surface area contributed by atoms with Crippen LogP contribution in [-0.2, 0) is 32.0 Å². The molecule has 0 fully saturated rings. The van der Waals surface area contributed by atoms with Crippen molar-refractivity contribution in [3.8, 4) is 0 Å². The molecular formula is C26H39N7O5. The number of benzene rings is 1. The van der Waals surface area contributed by atoms with E-state index in [1.807, 2.05) is 30.3 Å². The smallest absolute Gasteiger partial charge is 0.326 e. The first kappa shape index (κ1) is 30.5. The first-order valence-corrected chi connectivity index (χ1v) is 12.7. The number of carboxylic acids is 1. The lowest BCUT2D eigenvalue weighted by atomic mass is 10.0. The number of aromatic amines is 1. The number of nitrogens with zero attached hydrogens (tertiary/aromatic N) is 1. The third kappa shape index (κ3) is 9.94. The molecule has 12 heteroatoms. The number of nitrogens with two attached hydrogens (primary N) is 2. The van der Waals surface area contributed by atoms with E-state index in [1.54, 1.807) is 13.8 Å². The van der Waals surface area contributed by atoms with E-state index in [9.17, 15) is 24.3 Å². The summed E-state index contributed by atoms with van der Waals surface area (Å²) in [6.07, 6.45) is 4.73. The van der Waals surface area contributed by atoms with Gasteiger partial charge in [0.2, 0.25) is 17.7 Å². The van der Waals surface area contributed by atoms with Crippen molar-refractivity contribution in [1.82, 2.24) is 25.9 Å². The van der Waals surface area contributed by atoms with Crippen molar-refractivity contribution >= 4 is 23.7 Å². The van der Waals surface area contributed by atoms with E-state index >= 15 is 0 Å². The van der Waals surface area contributed by atoms with Crippen LogP contribution in [0, 0.1) is 5.92 Å². The number of nitrogens with one attached hydrogen (secondary N) is 4. The van der Waals surface area contributed by atoms with Crippen LogP contribution < -0.4 is 27.4 Å². The second-order valence-electron chi connectivity index (χ2n) is 9.55. The van der Waals surface area contributed by atoms with E-state index in [0.29, 0.717) is 25.1 Å². The molecule has 0 aliphatic carbocycles. The van der Waals surface area contributed by atoms with Crippen molar-refractivity contribution in [2.45, 2.75) is 70.1 Å². The Hall–Kier alpha value is -3.77. The third-order valence-corrected chi connectivity index (χ3v) is 6.06. The van der Waals surface area contributed by atoms with Gasteiger partial charge in [0, 0.05) is 18.3 Å². The van der Waals surface area contributed by atoms with E-state index in [0.717, 1.165) is 5.56 Å². The highest BCUT2D eigenvalue weighted by molar-refractivity contribution is 5.94. The van der Waals surface area contributed by atoms with Gasteiger partial charge in [0.05, 0.1) is 12.4 Å². The molecule has 0 aliphatic rings. The summed E-state index contributed by atoms with van der Waals surface area (Å²) in [5.41, 5.74) is 13.1. The van der Waals surface area contributed by atoms with Crippen molar-refractivity contribution in [2.24, 2.45) is 17.4 Å².